The van der Waals surface area contributed by atoms with Crippen molar-refractivity contribution in [1.29, 1.82) is 0 Å². The number of para-hydroxylation sites is 4. The van der Waals surface area contributed by atoms with Crippen molar-refractivity contribution in [2.75, 3.05) is 181 Å². The van der Waals surface area contributed by atoms with Gasteiger partial charge in [0.05, 0.1) is 97.1 Å². The summed E-state index contributed by atoms with van der Waals surface area (Å²) in [6.45, 7) is 20.0. The van der Waals surface area contributed by atoms with Crippen LogP contribution in [0.5, 0.6) is 34.5 Å². The zero-order chi connectivity index (χ0) is 98.3. The average Bonchev–Trinajstić information content (AvgIpc) is 1.58. The van der Waals surface area contributed by atoms with E-state index in [-0.39, 0.29) is 191 Å². The SMILES string of the molecule is C.CCC(=O)CCCN(CCOCCOCCOC)c1cc(COc2cc3c(cc2C)C(=O)N2c4ccccc4C[C@H]2CC3)cc(COc2cc3c(cc2OC)C(=O)N2c4ccccc4C[C@H]2[C-]=[N+]3C)c1.CCC(=O)CCCN(CCOCCOCCOC)c1cc(COc2cc3c(cc2C)C(=O)N2c4ccccc4C[C@H]2[CH-]N3C)cc(COc2cc3c(cc2OC)C(=O)N2c4ccccc4C[C@H]2[CH-]N3C)c1.[Y].[Y].[Y]. The fraction of sp³-hybridized carbons (Fsp3) is 0.400. The number of aryl methyl sites for hydroxylation is 3. The molecule has 145 heavy (non-hydrogen) atoms. The van der Waals surface area contributed by atoms with Crippen LogP contribution < -0.4 is 67.6 Å². The first kappa shape index (κ1) is 112. The molecular weight excluding hydrogens is 2060 g/mol. The molecule has 0 spiro atoms. The Balaban J connectivity index is 0.000000236. The second kappa shape index (κ2) is 52.9. The number of Topliss-reactive ketones (excluding diaryl/α,β-unsaturated/α-hetero) is 2. The molecule has 27 nitrogen and oxygen atoms in total. The molecule has 0 aliphatic carbocycles. The molecule has 0 bridgehead atoms. The molecule has 8 heterocycles. The van der Waals surface area contributed by atoms with Gasteiger partial charge in [-0.15, -0.1) is 0 Å². The van der Waals surface area contributed by atoms with Gasteiger partial charge in [-0.2, -0.15) is 0 Å². The summed E-state index contributed by atoms with van der Waals surface area (Å²) in [4.78, 5) is 98.2. The van der Waals surface area contributed by atoms with Crippen LogP contribution in [0.25, 0.3) is 0 Å². The number of methoxy groups -OCH3 is 4. The summed E-state index contributed by atoms with van der Waals surface area (Å²) in [5.41, 5.74) is 21.2. The third kappa shape index (κ3) is 26.2. The van der Waals surface area contributed by atoms with Crippen molar-refractivity contribution < 1.29 is 188 Å². The van der Waals surface area contributed by atoms with E-state index in [0.29, 0.717) is 188 Å². The zero-order valence-electron chi connectivity index (χ0n) is 84.6. The average molecular weight is 2200 g/mol. The van der Waals surface area contributed by atoms with E-state index in [2.05, 4.69) is 102 Å². The summed E-state index contributed by atoms with van der Waals surface area (Å²) in [5.74, 6) is 3.56. The number of fused-ring (bicyclic) bond motifs is 16. The summed E-state index contributed by atoms with van der Waals surface area (Å²) in [6.07, 6.45) is 11.6. The van der Waals surface area contributed by atoms with Crippen molar-refractivity contribution in [3.05, 3.63) is 279 Å². The summed E-state index contributed by atoms with van der Waals surface area (Å²) in [5, 5.41) is 0. The quantitative estimate of drug-likeness (QED) is 0.0196. The molecule has 0 fully saturated rings. The van der Waals surface area contributed by atoms with Crippen LogP contribution in [0.2, 0.25) is 0 Å². The number of carbonyl (C=O) groups excluding carboxylic acids is 6. The van der Waals surface area contributed by atoms with Gasteiger partial charge in [0.2, 0.25) is 5.91 Å². The summed E-state index contributed by atoms with van der Waals surface area (Å²) in [7, 11) is 12.3. The minimum atomic E-state index is -0.239. The molecule has 757 valence electrons. The van der Waals surface area contributed by atoms with Crippen molar-refractivity contribution >= 4 is 92.6 Å². The Morgan fingerprint density at radius 1 is 0.400 bits per heavy atom. The standard InChI is InChI=1S/C57H65N5O9.C57H64N4O9.CH4.3Y/c1-7-46(63)15-12-18-60(19-20-68-23-24-69-22-21-66-5)43-27-39(36-70-53-32-51-47(25-38(53)2)56(64)61-44(34-58(51)3)29-41-13-8-10-16-49(41)61)26-40(28-43)37-71-55-33-52-48(31-54(55)67-6)57(65)62-45(35-59(52)4)30-42-14-9-11-17-50(42)62;1-6-47(62)14-11-19-59(20-21-67-24-25-68-23-22-65-4)45-28-39(36-69-53-32-41-17-18-44-30-42-12-7-9-15-50(42)60(44)56(63)48(41)26-38(53)2)27-40(29-45)37-70-55-34-52-49(33-54(55)66-5)57(64)61-46(35-58(52)3)31-43-13-8-10-16-51(43)61;;;;/h8-11,13-14,16-17,25-28,31-35,44-45H,7,12,15,18-24,29-30,36-37H2,1-6H3;7-10,12-13,15-16,26-29,32-34,44,46H,6,11,14,17-25,30-31,36-37H2,1-5H3;1H4;;;/q-2;;;;;/t44-,45-;44-,46+;;;;/m01..../s1. The van der Waals surface area contributed by atoms with Gasteiger partial charge in [0.15, 0.2) is 17.2 Å². The van der Waals surface area contributed by atoms with Crippen LogP contribution in [-0.2, 0) is 195 Å². The minimum Gasteiger partial charge on any atom is -0.522 e. The van der Waals surface area contributed by atoms with Crippen LogP contribution in [0, 0.1) is 26.9 Å². The molecule has 8 aliphatic rings. The molecule has 8 aliphatic heterocycles. The second-order valence-corrected chi connectivity index (χ2v) is 37.1. The fourth-order valence-corrected chi connectivity index (χ4v) is 20.4. The molecule has 0 saturated heterocycles. The van der Waals surface area contributed by atoms with Gasteiger partial charge in [0.25, 0.3) is 17.7 Å². The molecule has 0 unspecified atom stereocenters. The van der Waals surface area contributed by atoms with Gasteiger partial charge < -0.3 is 101 Å². The van der Waals surface area contributed by atoms with Crippen LogP contribution in [0.4, 0.5) is 51.2 Å². The third-order valence-electron chi connectivity index (χ3n) is 27.7. The first-order valence-corrected chi connectivity index (χ1v) is 49.3. The molecule has 30 heteroatoms. The summed E-state index contributed by atoms with van der Waals surface area (Å²) < 4.78 is 73.9. The summed E-state index contributed by atoms with van der Waals surface area (Å²) in [6, 6.07) is 60.0. The van der Waals surface area contributed by atoms with Gasteiger partial charge in [0.1, 0.15) is 62.3 Å². The Kier molecular flexibility index (Phi) is 40.9. The van der Waals surface area contributed by atoms with Gasteiger partial charge in [-0.3, -0.25) is 28.8 Å². The first-order valence-electron chi connectivity index (χ1n) is 49.3. The maximum Gasteiger partial charge on any atom is 0.258 e. The maximum absolute atomic E-state index is 14.3. The predicted molar refractivity (Wildman–Crippen MR) is 553 cm³/mol. The van der Waals surface area contributed by atoms with E-state index >= 15 is 0 Å². The first-order chi connectivity index (χ1) is 68.7. The third-order valence-corrected chi connectivity index (χ3v) is 27.7. The molecule has 0 N–H and O–H groups in total. The molecule has 10 aromatic carbocycles. The van der Waals surface area contributed by atoms with E-state index in [9.17, 15) is 28.8 Å². The Morgan fingerprint density at radius 2 is 0.779 bits per heavy atom. The summed E-state index contributed by atoms with van der Waals surface area (Å²) >= 11 is 0. The Labute approximate surface area is 929 Å². The van der Waals surface area contributed by atoms with Crippen molar-refractivity contribution in [1.82, 2.24) is 0 Å². The van der Waals surface area contributed by atoms with Crippen molar-refractivity contribution in [3.8, 4) is 34.5 Å². The van der Waals surface area contributed by atoms with E-state index in [1.54, 1.807) is 40.6 Å². The molecule has 18 rings (SSSR count). The number of benzene rings is 10. The van der Waals surface area contributed by atoms with Crippen molar-refractivity contribution in [3.63, 3.8) is 0 Å². The molecule has 0 saturated carbocycles. The van der Waals surface area contributed by atoms with Crippen LogP contribution in [0.1, 0.15) is 169 Å². The Hall–Kier alpha value is -9.84. The van der Waals surface area contributed by atoms with Gasteiger partial charge in [-0.25, -0.2) is 13.1 Å². The van der Waals surface area contributed by atoms with Crippen molar-refractivity contribution in [2.24, 2.45) is 0 Å². The fourth-order valence-electron chi connectivity index (χ4n) is 20.4. The Bertz CT molecular complexity index is 6280. The number of likely N-dealkylation sites (N-methyl/N-ethyl adjacent to an activating group) is 2. The van der Waals surface area contributed by atoms with Gasteiger partial charge in [0, 0.05) is 251 Å². The zero-order valence-corrected chi connectivity index (χ0v) is 93.1. The van der Waals surface area contributed by atoms with E-state index in [4.69, 9.17) is 56.8 Å². The van der Waals surface area contributed by atoms with Crippen LogP contribution in [0.15, 0.2) is 182 Å². The van der Waals surface area contributed by atoms with E-state index in [0.717, 1.165) is 139 Å². The number of amides is 4. The van der Waals surface area contributed by atoms with Gasteiger partial charge in [-0.1, -0.05) is 106 Å². The number of rotatable bonds is 44. The van der Waals surface area contributed by atoms with Crippen LogP contribution in [0.3, 0.4) is 0 Å². The molecule has 4 atom stereocenters. The number of hydrogen-bond donors (Lipinski definition) is 0. The minimum absolute atomic E-state index is 0. The van der Waals surface area contributed by atoms with Crippen LogP contribution >= 0.6 is 0 Å². The number of hydrogen-bond acceptors (Lipinski definition) is 22. The topological polar surface area (TPSA) is 242 Å². The smallest absolute Gasteiger partial charge is 0.258 e. The maximum atomic E-state index is 14.3. The van der Waals surface area contributed by atoms with Gasteiger partial charge >= 0.3 is 0 Å². The molecule has 3 radical (unpaired) electrons. The second-order valence-electron chi connectivity index (χ2n) is 37.1. The van der Waals surface area contributed by atoms with Crippen molar-refractivity contribution in [2.45, 2.75) is 163 Å². The number of ketones is 2. The number of nitrogens with zero attached hydrogens (tertiary/aromatic N) is 9. The van der Waals surface area contributed by atoms with Gasteiger partial charge in [-0.05, 0) is 238 Å². The van der Waals surface area contributed by atoms with E-state index in [1.165, 1.54) is 11.1 Å². The normalized spacial score (nSPS) is 16.1. The molecule has 10 aromatic rings. The monoisotopic (exact) mass is 2190 g/mol. The largest absolute Gasteiger partial charge is 0.522 e. The predicted octanol–water partition coefficient (Wildman–Crippen LogP) is 18.1. The number of carbonyl (C=O) groups is 6. The number of ether oxygens (including phenoxy) is 12. The molecule has 0 aromatic heterocycles. The molecule has 4 amide bonds. The van der Waals surface area contributed by atoms with Crippen LogP contribution in [-0.4, -0.2) is 212 Å². The molecular formula is C115H133N9O18Y3-2. The Morgan fingerprint density at radius 3 is 1.25 bits per heavy atom. The van der Waals surface area contributed by atoms with E-state index in [1.807, 2.05) is 180 Å². The van der Waals surface area contributed by atoms with E-state index < -0.39 is 0 Å². The number of anilines is 8.